The lowest BCUT2D eigenvalue weighted by Gasteiger charge is -2.05. The van der Waals surface area contributed by atoms with Gasteiger partial charge in [0.05, 0.1) is 10.5 Å². The molecule has 2 rings (SSSR count). The number of aromatic nitrogens is 2. The Hall–Kier alpha value is -0.640. The molecule has 0 aromatic carbocycles. The largest absolute Gasteiger partial charge is 0.298 e. The van der Waals surface area contributed by atoms with Crippen LogP contribution in [0.15, 0.2) is 12.3 Å². The normalized spacial score (nSPS) is 18.1. The third-order valence-corrected chi connectivity index (χ3v) is 3.22. The van der Waals surface area contributed by atoms with Crippen LogP contribution in [0.25, 0.3) is 0 Å². The van der Waals surface area contributed by atoms with E-state index in [0.29, 0.717) is 18.1 Å². The van der Waals surface area contributed by atoms with E-state index in [-0.39, 0.29) is 4.83 Å². The van der Waals surface area contributed by atoms with Crippen molar-refractivity contribution in [2.24, 2.45) is 13.0 Å². The van der Waals surface area contributed by atoms with Gasteiger partial charge in [0.25, 0.3) is 0 Å². The van der Waals surface area contributed by atoms with Gasteiger partial charge in [0, 0.05) is 25.6 Å². The van der Waals surface area contributed by atoms with Gasteiger partial charge < -0.3 is 0 Å². The number of aryl methyl sites for hydroxylation is 1. The van der Waals surface area contributed by atoms with Crippen LogP contribution in [-0.4, -0.2) is 20.4 Å². The average molecular weight is 257 g/mol. The van der Waals surface area contributed by atoms with E-state index in [9.17, 15) is 4.79 Å². The topological polar surface area (TPSA) is 34.9 Å². The summed E-state index contributed by atoms with van der Waals surface area (Å²) < 4.78 is 1.76. The number of hydrogen-bond acceptors (Lipinski definition) is 2. The van der Waals surface area contributed by atoms with Crippen molar-refractivity contribution in [1.82, 2.24) is 9.78 Å². The quantitative estimate of drug-likeness (QED) is 0.769. The van der Waals surface area contributed by atoms with Crippen LogP contribution in [0.3, 0.4) is 0 Å². The van der Waals surface area contributed by atoms with E-state index in [1.807, 2.05) is 19.3 Å². The molecule has 0 spiro atoms. The van der Waals surface area contributed by atoms with Crippen LogP contribution in [-0.2, 0) is 18.3 Å². The molecular weight excluding hydrogens is 244 g/mol. The molecule has 1 heterocycles. The first kappa shape index (κ1) is 9.90. The van der Waals surface area contributed by atoms with Crippen molar-refractivity contribution < 1.29 is 4.79 Å². The van der Waals surface area contributed by atoms with Crippen LogP contribution >= 0.6 is 15.9 Å². The molecule has 1 saturated carbocycles. The summed E-state index contributed by atoms with van der Waals surface area (Å²) in [5.41, 5.74) is 0.975. The SMILES string of the molecule is Cn1ccc(CC(Br)C(=O)C2CC2)n1. The van der Waals surface area contributed by atoms with E-state index in [0.717, 1.165) is 18.5 Å². The Kier molecular flexibility index (Phi) is 2.72. The Morgan fingerprint density at radius 1 is 1.79 bits per heavy atom. The third-order valence-electron chi connectivity index (χ3n) is 2.45. The lowest BCUT2D eigenvalue weighted by atomic mass is 10.1. The van der Waals surface area contributed by atoms with Crippen molar-refractivity contribution in [3.63, 3.8) is 0 Å². The van der Waals surface area contributed by atoms with E-state index in [1.54, 1.807) is 4.68 Å². The summed E-state index contributed by atoms with van der Waals surface area (Å²) in [5.74, 6) is 0.666. The second-order valence-electron chi connectivity index (χ2n) is 3.83. The molecule has 0 saturated heterocycles. The van der Waals surface area contributed by atoms with E-state index < -0.39 is 0 Å². The Labute approximate surface area is 91.6 Å². The highest BCUT2D eigenvalue weighted by Crippen LogP contribution is 2.33. The molecule has 1 aliphatic carbocycles. The first-order valence-corrected chi connectivity index (χ1v) is 5.74. The van der Waals surface area contributed by atoms with Gasteiger partial charge in [-0.2, -0.15) is 5.10 Å². The van der Waals surface area contributed by atoms with Gasteiger partial charge in [-0.15, -0.1) is 0 Å². The second-order valence-corrected chi connectivity index (χ2v) is 4.93. The molecule has 76 valence electrons. The highest BCUT2D eigenvalue weighted by molar-refractivity contribution is 9.10. The zero-order chi connectivity index (χ0) is 10.1. The summed E-state index contributed by atoms with van der Waals surface area (Å²) in [6.45, 7) is 0. The molecule has 1 unspecified atom stereocenters. The standard InChI is InChI=1S/C10H13BrN2O/c1-13-5-4-8(12-13)6-9(11)10(14)7-2-3-7/h4-5,7,9H,2-3,6H2,1H3. The summed E-state index contributed by atoms with van der Waals surface area (Å²) in [6, 6.07) is 1.95. The summed E-state index contributed by atoms with van der Waals surface area (Å²) in [7, 11) is 1.88. The van der Waals surface area contributed by atoms with Crippen molar-refractivity contribution >= 4 is 21.7 Å². The summed E-state index contributed by atoms with van der Waals surface area (Å²) in [4.78, 5) is 11.6. The van der Waals surface area contributed by atoms with Crippen LogP contribution in [0, 0.1) is 5.92 Å². The summed E-state index contributed by atoms with van der Waals surface area (Å²) >= 11 is 3.43. The number of alkyl halides is 1. The molecule has 1 aromatic rings. The lowest BCUT2D eigenvalue weighted by molar-refractivity contribution is -0.119. The van der Waals surface area contributed by atoms with Gasteiger partial charge >= 0.3 is 0 Å². The molecule has 1 aliphatic rings. The Balaban J connectivity index is 1.93. The van der Waals surface area contributed by atoms with Crippen molar-refractivity contribution in [2.75, 3.05) is 0 Å². The molecule has 0 amide bonds. The zero-order valence-corrected chi connectivity index (χ0v) is 9.70. The zero-order valence-electron chi connectivity index (χ0n) is 8.11. The van der Waals surface area contributed by atoms with E-state index in [4.69, 9.17) is 0 Å². The van der Waals surface area contributed by atoms with Crippen LogP contribution in [0.1, 0.15) is 18.5 Å². The molecule has 1 fully saturated rings. The molecule has 0 N–H and O–H groups in total. The molecule has 0 aliphatic heterocycles. The van der Waals surface area contributed by atoms with Crippen molar-refractivity contribution in [3.05, 3.63) is 18.0 Å². The number of carbonyl (C=O) groups is 1. The number of hydrogen-bond donors (Lipinski definition) is 0. The Bertz CT molecular complexity index is 344. The van der Waals surface area contributed by atoms with Crippen LogP contribution < -0.4 is 0 Å². The average Bonchev–Trinajstić information content (AvgIpc) is 2.91. The maximum atomic E-state index is 11.6. The van der Waals surface area contributed by atoms with Crippen molar-refractivity contribution in [3.8, 4) is 0 Å². The van der Waals surface area contributed by atoms with Gasteiger partial charge in [0.2, 0.25) is 0 Å². The molecule has 3 nitrogen and oxygen atoms in total. The number of halogens is 1. The van der Waals surface area contributed by atoms with Crippen LogP contribution in [0.5, 0.6) is 0 Å². The number of carbonyl (C=O) groups excluding carboxylic acids is 1. The molecular formula is C10H13BrN2O. The first-order chi connectivity index (χ1) is 6.66. The van der Waals surface area contributed by atoms with Crippen molar-refractivity contribution in [1.29, 1.82) is 0 Å². The number of nitrogens with zero attached hydrogens (tertiary/aromatic N) is 2. The first-order valence-electron chi connectivity index (χ1n) is 4.83. The molecule has 4 heteroatoms. The fourth-order valence-corrected chi connectivity index (χ4v) is 2.19. The highest BCUT2D eigenvalue weighted by Gasteiger charge is 2.33. The molecule has 14 heavy (non-hydrogen) atoms. The predicted molar refractivity (Wildman–Crippen MR) is 57.4 cm³/mol. The smallest absolute Gasteiger partial charge is 0.149 e. The minimum atomic E-state index is -0.0510. The molecule has 1 atom stereocenters. The minimum Gasteiger partial charge on any atom is -0.298 e. The Morgan fingerprint density at radius 2 is 2.50 bits per heavy atom. The second kappa shape index (κ2) is 3.85. The molecule has 1 aromatic heterocycles. The highest BCUT2D eigenvalue weighted by atomic mass is 79.9. The summed E-state index contributed by atoms with van der Waals surface area (Å²) in [5, 5.41) is 4.25. The molecule has 0 bridgehead atoms. The predicted octanol–water partition coefficient (Wildman–Crippen LogP) is 1.71. The van der Waals surface area contributed by atoms with Crippen LogP contribution in [0.2, 0.25) is 0 Å². The van der Waals surface area contributed by atoms with Gasteiger partial charge in [-0.25, -0.2) is 0 Å². The third kappa shape index (κ3) is 2.23. The van der Waals surface area contributed by atoms with E-state index in [2.05, 4.69) is 21.0 Å². The minimum absolute atomic E-state index is 0.0510. The maximum Gasteiger partial charge on any atom is 0.149 e. The number of rotatable bonds is 4. The fourth-order valence-electron chi connectivity index (χ4n) is 1.48. The Morgan fingerprint density at radius 3 is 3.00 bits per heavy atom. The fraction of sp³-hybridized carbons (Fsp3) is 0.600. The number of ketones is 1. The lowest BCUT2D eigenvalue weighted by Crippen LogP contribution is -2.18. The monoisotopic (exact) mass is 256 g/mol. The van der Waals surface area contributed by atoms with Gasteiger partial charge in [-0.3, -0.25) is 9.48 Å². The molecule has 0 radical (unpaired) electrons. The van der Waals surface area contributed by atoms with Gasteiger partial charge in [0.1, 0.15) is 5.78 Å². The van der Waals surface area contributed by atoms with Crippen molar-refractivity contribution in [2.45, 2.75) is 24.1 Å². The van der Waals surface area contributed by atoms with E-state index in [1.165, 1.54) is 0 Å². The maximum absolute atomic E-state index is 11.6. The number of Topliss-reactive ketones (excluding diaryl/α,β-unsaturated/α-hetero) is 1. The van der Waals surface area contributed by atoms with Gasteiger partial charge in [-0.05, 0) is 18.9 Å². The van der Waals surface area contributed by atoms with Gasteiger partial charge in [0.15, 0.2) is 0 Å². The van der Waals surface area contributed by atoms with E-state index >= 15 is 0 Å². The summed E-state index contributed by atoms with van der Waals surface area (Å²) in [6.07, 6.45) is 4.75. The van der Waals surface area contributed by atoms with Gasteiger partial charge in [-0.1, -0.05) is 15.9 Å². The van der Waals surface area contributed by atoms with Crippen LogP contribution in [0.4, 0.5) is 0 Å².